The van der Waals surface area contributed by atoms with Crippen LogP contribution in [-0.2, 0) is 11.3 Å². The number of rotatable bonds is 3. The van der Waals surface area contributed by atoms with E-state index < -0.39 is 11.4 Å². The molecule has 2 rings (SSSR count). The Hall–Kier alpha value is -1.84. The first kappa shape index (κ1) is 12.6. The van der Waals surface area contributed by atoms with Crippen LogP contribution in [0.25, 0.3) is 11.0 Å². The van der Waals surface area contributed by atoms with Gasteiger partial charge in [0.15, 0.2) is 0 Å². The van der Waals surface area contributed by atoms with Gasteiger partial charge in [0.2, 0.25) is 0 Å². The molecule has 0 radical (unpaired) electrons. The number of carboxylic acid groups (broad SMARTS) is 1. The molecule has 0 bridgehead atoms. The van der Waals surface area contributed by atoms with Crippen LogP contribution < -0.4 is 0 Å². The zero-order valence-electron chi connectivity index (χ0n) is 11.2. The Morgan fingerprint density at radius 1 is 1.33 bits per heavy atom. The molecule has 18 heavy (non-hydrogen) atoms. The monoisotopic (exact) mass is 246 g/mol. The number of imidazole rings is 1. The molecular weight excluding hydrogens is 228 g/mol. The lowest BCUT2D eigenvalue weighted by atomic mass is 9.94. The molecule has 4 heteroatoms. The molecule has 0 saturated carbocycles. The number of aryl methyl sites for hydroxylation is 2. The van der Waals surface area contributed by atoms with E-state index in [-0.39, 0.29) is 0 Å². The van der Waals surface area contributed by atoms with Gasteiger partial charge in [0.05, 0.1) is 22.8 Å². The molecule has 1 aromatic carbocycles. The van der Waals surface area contributed by atoms with Crippen LogP contribution >= 0.6 is 0 Å². The van der Waals surface area contributed by atoms with Gasteiger partial charge in [-0.3, -0.25) is 4.79 Å². The van der Waals surface area contributed by atoms with Crippen molar-refractivity contribution in [3.8, 4) is 0 Å². The number of aromatic nitrogens is 2. The van der Waals surface area contributed by atoms with E-state index in [9.17, 15) is 9.90 Å². The topological polar surface area (TPSA) is 55.1 Å². The predicted molar refractivity (Wildman–Crippen MR) is 70.6 cm³/mol. The standard InChI is InChI=1S/C14H18N2O2/c1-9-5-11-12(6-10(9)2)16(8-15-11)7-14(3,4)13(17)18/h5-6,8H,7H2,1-4H3,(H,17,18). The Bertz CT molecular complexity index is 612. The van der Waals surface area contributed by atoms with Crippen LogP contribution in [0.15, 0.2) is 18.5 Å². The van der Waals surface area contributed by atoms with Gasteiger partial charge in [0.1, 0.15) is 0 Å². The minimum Gasteiger partial charge on any atom is -0.481 e. The molecule has 4 nitrogen and oxygen atoms in total. The third kappa shape index (κ3) is 2.10. The summed E-state index contributed by atoms with van der Waals surface area (Å²) < 4.78 is 1.91. The van der Waals surface area contributed by atoms with Gasteiger partial charge >= 0.3 is 5.97 Å². The van der Waals surface area contributed by atoms with Crippen LogP contribution in [0, 0.1) is 19.3 Å². The Kier molecular flexibility index (Phi) is 2.89. The minimum absolute atomic E-state index is 0.418. The van der Waals surface area contributed by atoms with Gasteiger partial charge in [0.25, 0.3) is 0 Å². The van der Waals surface area contributed by atoms with Crippen molar-refractivity contribution >= 4 is 17.0 Å². The summed E-state index contributed by atoms with van der Waals surface area (Å²) in [6.45, 7) is 7.97. The third-order valence-electron chi connectivity index (χ3n) is 3.38. The lowest BCUT2D eigenvalue weighted by Gasteiger charge is -2.20. The summed E-state index contributed by atoms with van der Waals surface area (Å²) in [5.41, 5.74) is 3.50. The average molecular weight is 246 g/mol. The molecule has 1 N–H and O–H groups in total. The van der Waals surface area contributed by atoms with Crippen LogP contribution in [0.4, 0.5) is 0 Å². The fourth-order valence-electron chi connectivity index (χ4n) is 1.93. The summed E-state index contributed by atoms with van der Waals surface area (Å²) in [5, 5.41) is 9.18. The molecule has 0 saturated heterocycles. The maximum Gasteiger partial charge on any atom is 0.310 e. The van der Waals surface area contributed by atoms with E-state index in [0.29, 0.717) is 6.54 Å². The highest BCUT2D eigenvalue weighted by Crippen LogP contribution is 2.23. The van der Waals surface area contributed by atoms with E-state index in [1.807, 2.05) is 10.6 Å². The lowest BCUT2D eigenvalue weighted by Crippen LogP contribution is -2.28. The van der Waals surface area contributed by atoms with Crippen LogP contribution in [-0.4, -0.2) is 20.6 Å². The van der Waals surface area contributed by atoms with Gasteiger partial charge in [-0.2, -0.15) is 0 Å². The quantitative estimate of drug-likeness (QED) is 0.906. The molecule has 0 spiro atoms. The lowest BCUT2D eigenvalue weighted by molar-refractivity contribution is -0.147. The minimum atomic E-state index is -0.799. The molecular formula is C14H18N2O2. The van der Waals surface area contributed by atoms with E-state index in [1.165, 1.54) is 11.1 Å². The van der Waals surface area contributed by atoms with Crippen molar-refractivity contribution in [2.45, 2.75) is 34.2 Å². The largest absolute Gasteiger partial charge is 0.481 e. The molecule has 0 fully saturated rings. The van der Waals surface area contributed by atoms with Gasteiger partial charge in [-0.05, 0) is 51.0 Å². The molecule has 0 aliphatic rings. The van der Waals surface area contributed by atoms with E-state index >= 15 is 0 Å². The van der Waals surface area contributed by atoms with Crippen LogP contribution in [0.5, 0.6) is 0 Å². The Balaban J connectivity index is 2.47. The molecule has 0 amide bonds. The van der Waals surface area contributed by atoms with Crippen molar-refractivity contribution in [2.24, 2.45) is 5.41 Å². The van der Waals surface area contributed by atoms with Gasteiger partial charge < -0.3 is 9.67 Å². The number of hydrogen-bond acceptors (Lipinski definition) is 2. The van der Waals surface area contributed by atoms with Gasteiger partial charge in [-0.15, -0.1) is 0 Å². The number of aliphatic carboxylic acids is 1. The first-order chi connectivity index (χ1) is 8.31. The SMILES string of the molecule is Cc1cc2ncn(CC(C)(C)C(=O)O)c2cc1C. The zero-order chi connectivity index (χ0) is 13.5. The summed E-state index contributed by atoms with van der Waals surface area (Å²) in [6.07, 6.45) is 1.72. The molecule has 1 aromatic heterocycles. The van der Waals surface area contributed by atoms with Crippen molar-refractivity contribution < 1.29 is 9.90 Å². The van der Waals surface area contributed by atoms with Crippen LogP contribution in [0.3, 0.4) is 0 Å². The van der Waals surface area contributed by atoms with E-state index in [2.05, 4.69) is 24.9 Å². The molecule has 0 aliphatic carbocycles. The van der Waals surface area contributed by atoms with Crippen molar-refractivity contribution in [3.63, 3.8) is 0 Å². The Morgan fingerprint density at radius 3 is 2.56 bits per heavy atom. The van der Waals surface area contributed by atoms with Gasteiger partial charge in [-0.1, -0.05) is 0 Å². The highest BCUT2D eigenvalue weighted by molar-refractivity contribution is 5.78. The Labute approximate surface area is 106 Å². The summed E-state index contributed by atoms with van der Waals surface area (Å²) in [5.74, 6) is -0.798. The first-order valence-electron chi connectivity index (χ1n) is 5.97. The summed E-state index contributed by atoms with van der Waals surface area (Å²) in [7, 11) is 0. The summed E-state index contributed by atoms with van der Waals surface area (Å²) >= 11 is 0. The first-order valence-corrected chi connectivity index (χ1v) is 5.97. The highest BCUT2D eigenvalue weighted by Gasteiger charge is 2.28. The number of benzene rings is 1. The molecule has 1 heterocycles. The summed E-state index contributed by atoms with van der Waals surface area (Å²) in [6, 6.07) is 4.10. The van der Waals surface area contributed by atoms with E-state index in [0.717, 1.165) is 11.0 Å². The maximum absolute atomic E-state index is 11.2. The van der Waals surface area contributed by atoms with Gasteiger partial charge in [-0.25, -0.2) is 4.98 Å². The number of nitrogens with zero attached hydrogens (tertiary/aromatic N) is 2. The second kappa shape index (κ2) is 4.12. The molecule has 96 valence electrons. The van der Waals surface area contributed by atoms with Crippen molar-refractivity contribution in [2.75, 3.05) is 0 Å². The van der Waals surface area contributed by atoms with Crippen LogP contribution in [0.1, 0.15) is 25.0 Å². The summed E-state index contributed by atoms with van der Waals surface area (Å²) in [4.78, 5) is 15.5. The van der Waals surface area contributed by atoms with Gasteiger partial charge in [0, 0.05) is 6.54 Å². The zero-order valence-corrected chi connectivity index (χ0v) is 11.2. The molecule has 0 aliphatic heterocycles. The molecule has 0 atom stereocenters. The average Bonchev–Trinajstić information content (AvgIpc) is 2.61. The maximum atomic E-state index is 11.2. The predicted octanol–water partition coefficient (Wildman–Crippen LogP) is 2.76. The fourth-order valence-corrected chi connectivity index (χ4v) is 1.93. The number of fused-ring (bicyclic) bond motifs is 1. The molecule has 2 aromatic rings. The van der Waals surface area contributed by atoms with Crippen molar-refractivity contribution in [1.82, 2.24) is 9.55 Å². The number of hydrogen-bond donors (Lipinski definition) is 1. The number of carboxylic acids is 1. The normalized spacial score (nSPS) is 12.0. The molecule has 0 unspecified atom stereocenters. The van der Waals surface area contributed by atoms with E-state index in [1.54, 1.807) is 20.2 Å². The second-order valence-corrected chi connectivity index (χ2v) is 5.49. The van der Waals surface area contributed by atoms with Crippen LogP contribution in [0.2, 0.25) is 0 Å². The van der Waals surface area contributed by atoms with Crippen molar-refractivity contribution in [1.29, 1.82) is 0 Å². The second-order valence-electron chi connectivity index (χ2n) is 5.49. The van der Waals surface area contributed by atoms with E-state index in [4.69, 9.17) is 0 Å². The highest BCUT2D eigenvalue weighted by atomic mass is 16.4. The fraction of sp³-hybridized carbons (Fsp3) is 0.429. The Morgan fingerprint density at radius 2 is 1.94 bits per heavy atom. The number of carbonyl (C=O) groups is 1. The third-order valence-corrected chi connectivity index (χ3v) is 3.38. The van der Waals surface area contributed by atoms with Crippen molar-refractivity contribution in [3.05, 3.63) is 29.6 Å². The smallest absolute Gasteiger partial charge is 0.310 e.